The predicted octanol–water partition coefficient (Wildman–Crippen LogP) is 13.1. The van der Waals surface area contributed by atoms with Crippen molar-refractivity contribution in [3.63, 3.8) is 0 Å². The van der Waals surface area contributed by atoms with Crippen molar-refractivity contribution < 1.29 is 0 Å². The Morgan fingerprint density at radius 1 is 0.556 bits per heavy atom. The van der Waals surface area contributed by atoms with Gasteiger partial charge in [-0.1, -0.05) is 124 Å². The topological polar surface area (TPSA) is 3.24 Å². The van der Waals surface area contributed by atoms with Crippen LogP contribution in [0.2, 0.25) is 0 Å². The summed E-state index contributed by atoms with van der Waals surface area (Å²) in [6.45, 7) is 25.3. The van der Waals surface area contributed by atoms with Crippen LogP contribution >= 0.6 is 0 Å². The minimum absolute atomic E-state index is 0.105. The van der Waals surface area contributed by atoms with Gasteiger partial charge in [0.1, 0.15) is 0 Å². The summed E-state index contributed by atoms with van der Waals surface area (Å²) in [5.74, 6) is 0.364. The second kappa shape index (κ2) is 12.5. The van der Waals surface area contributed by atoms with Gasteiger partial charge >= 0.3 is 0 Å². The van der Waals surface area contributed by atoms with Gasteiger partial charge in [-0.3, -0.25) is 0 Å². The Kier molecular flexibility index (Phi) is 9.05. The minimum Gasteiger partial charge on any atom is -0.310 e. The van der Waals surface area contributed by atoms with Crippen LogP contribution in [0.25, 0.3) is 21.9 Å². The highest BCUT2D eigenvalue weighted by atomic mass is 15.1. The van der Waals surface area contributed by atoms with Gasteiger partial charge in [0.2, 0.25) is 0 Å². The molecule has 1 heteroatoms. The summed E-state index contributed by atoms with van der Waals surface area (Å²) in [7, 11) is 0. The first-order valence-electron chi connectivity index (χ1n) is 16.9. The molecule has 5 aromatic rings. The van der Waals surface area contributed by atoms with Crippen molar-refractivity contribution in [3.8, 4) is 11.1 Å². The Hall–Kier alpha value is -3.84. The van der Waals surface area contributed by atoms with E-state index in [1.165, 1.54) is 72.3 Å². The summed E-state index contributed by atoms with van der Waals surface area (Å²) < 4.78 is 0. The van der Waals surface area contributed by atoms with E-state index >= 15 is 0 Å². The van der Waals surface area contributed by atoms with E-state index in [1.54, 1.807) is 0 Å². The first-order chi connectivity index (χ1) is 21.2. The van der Waals surface area contributed by atoms with Crippen LogP contribution in [-0.2, 0) is 23.7 Å². The normalized spacial score (nSPS) is 12.3. The Bertz CT molecular complexity index is 1730. The molecule has 0 radical (unpaired) electrons. The molecule has 5 aromatic carbocycles. The van der Waals surface area contributed by atoms with E-state index in [9.17, 15) is 0 Å². The Morgan fingerprint density at radius 3 is 1.47 bits per heavy atom. The van der Waals surface area contributed by atoms with Gasteiger partial charge in [-0.2, -0.15) is 0 Å². The lowest BCUT2D eigenvalue weighted by atomic mass is 9.81. The molecule has 0 saturated heterocycles. The molecule has 0 fully saturated rings. The number of nitrogens with zero attached hydrogens (tertiary/aromatic N) is 1. The molecule has 45 heavy (non-hydrogen) atoms. The van der Waals surface area contributed by atoms with Crippen molar-refractivity contribution in [1.82, 2.24) is 0 Å². The highest BCUT2D eigenvalue weighted by molar-refractivity contribution is 6.02. The summed E-state index contributed by atoms with van der Waals surface area (Å²) in [6, 6.07) is 34.8. The number of aryl methyl sites for hydroxylation is 3. The first-order valence-corrected chi connectivity index (χ1v) is 16.9. The van der Waals surface area contributed by atoms with E-state index in [-0.39, 0.29) is 10.8 Å². The molecule has 0 N–H and O–H groups in total. The molecule has 0 spiro atoms. The van der Waals surface area contributed by atoms with Crippen molar-refractivity contribution in [2.75, 3.05) is 4.90 Å². The quantitative estimate of drug-likeness (QED) is 0.181. The SMILES string of the molecule is CCc1cc(N(c2ccc(C(C)(C)C)cc2)c2ccc(C(C)(C)C)cc2)cc(C(C)C)c1-c1c(CC)cc(C)c2ccccc12. The molecule has 0 saturated carbocycles. The second-order valence-electron chi connectivity index (χ2n) is 15.1. The van der Waals surface area contributed by atoms with Crippen LogP contribution in [0.1, 0.15) is 109 Å². The second-order valence-corrected chi connectivity index (χ2v) is 15.1. The molecule has 0 amide bonds. The smallest absolute Gasteiger partial charge is 0.0467 e. The van der Waals surface area contributed by atoms with Gasteiger partial charge in [0.05, 0.1) is 0 Å². The van der Waals surface area contributed by atoms with Gasteiger partial charge < -0.3 is 4.90 Å². The fraction of sp³-hybridized carbons (Fsp3) is 0.364. The van der Waals surface area contributed by atoms with Crippen molar-refractivity contribution in [2.45, 2.75) is 106 Å². The van der Waals surface area contributed by atoms with Gasteiger partial charge in [0.15, 0.2) is 0 Å². The van der Waals surface area contributed by atoms with Gasteiger partial charge in [0, 0.05) is 17.1 Å². The zero-order valence-electron chi connectivity index (χ0n) is 29.6. The molecule has 0 atom stereocenters. The number of rotatable bonds is 7. The summed E-state index contributed by atoms with van der Waals surface area (Å²) in [5.41, 5.74) is 15.0. The lowest BCUT2D eigenvalue weighted by Gasteiger charge is -2.30. The molecule has 5 rings (SSSR count). The third-order valence-corrected chi connectivity index (χ3v) is 9.44. The monoisotopic (exact) mass is 595 g/mol. The molecule has 0 bridgehead atoms. The van der Waals surface area contributed by atoms with Crippen LogP contribution in [0, 0.1) is 6.92 Å². The van der Waals surface area contributed by atoms with E-state index in [4.69, 9.17) is 0 Å². The van der Waals surface area contributed by atoms with E-state index in [2.05, 4.69) is 172 Å². The predicted molar refractivity (Wildman–Crippen MR) is 199 cm³/mol. The van der Waals surface area contributed by atoms with Gasteiger partial charge in [-0.25, -0.2) is 0 Å². The Labute approximate surface area is 273 Å². The highest BCUT2D eigenvalue weighted by Crippen LogP contribution is 2.45. The summed E-state index contributed by atoms with van der Waals surface area (Å²) in [5, 5.41) is 2.72. The standard InChI is InChI=1S/C44H53N/c1-12-31-26-30(5)38-16-14-15-17-39(38)41(31)42-32(13-2)27-37(28-40(42)29(3)4)45(35-22-18-33(19-23-35)43(6,7)8)36-24-20-34(21-25-36)44(9,10)11/h14-29H,12-13H2,1-11H3. The van der Waals surface area contributed by atoms with Crippen LogP contribution in [0.3, 0.4) is 0 Å². The minimum atomic E-state index is 0.105. The Balaban J connectivity index is 1.79. The van der Waals surface area contributed by atoms with Gasteiger partial charge in [0.25, 0.3) is 0 Å². The summed E-state index contributed by atoms with van der Waals surface area (Å²) in [4.78, 5) is 2.46. The average molecular weight is 596 g/mol. The number of benzene rings is 5. The fourth-order valence-electron chi connectivity index (χ4n) is 6.75. The zero-order valence-corrected chi connectivity index (χ0v) is 29.6. The zero-order chi connectivity index (χ0) is 32.7. The molecule has 0 aliphatic carbocycles. The molecule has 0 aromatic heterocycles. The van der Waals surface area contributed by atoms with Crippen molar-refractivity contribution in [1.29, 1.82) is 0 Å². The molecular formula is C44H53N. The maximum absolute atomic E-state index is 2.47. The van der Waals surface area contributed by atoms with Crippen LogP contribution in [0.15, 0.2) is 91.0 Å². The van der Waals surface area contributed by atoms with Crippen LogP contribution < -0.4 is 4.90 Å². The highest BCUT2D eigenvalue weighted by Gasteiger charge is 2.24. The maximum Gasteiger partial charge on any atom is 0.0467 e. The van der Waals surface area contributed by atoms with Crippen LogP contribution in [0.4, 0.5) is 17.1 Å². The lowest BCUT2D eigenvalue weighted by molar-refractivity contribution is 0.590. The number of anilines is 3. The third kappa shape index (κ3) is 6.46. The molecule has 0 unspecified atom stereocenters. The van der Waals surface area contributed by atoms with Crippen molar-refractivity contribution in [2.24, 2.45) is 0 Å². The van der Waals surface area contributed by atoms with Crippen LogP contribution in [0.5, 0.6) is 0 Å². The molecule has 0 aliphatic heterocycles. The third-order valence-electron chi connectivity index (χ3n) is 9.44. The van der Waals surface area contributed by atoms with Crippen LogP contribution in [-0.4, -0.2) is 0 Å². The first kappa shape index (κ1) is 32.6. The number of fused-ring (bicyclic) bond motifs is 1. The molecule has 1 nitrogen and oxygen atoms in total. The van der Waals surface area contributed by atoms with E-state index < -0.39 is 0 Å². The number of hydrogen-bond acceptors (Lipinski definition) is 1. The van der Waals surface area contributed by atoms with E-state index in [0.717, 1.165) is 12.8 Å². The Morgan fingerprint density at radius 2 is 1.02 bits per heavy atom. The molecule has 234 valence electrons. The summed E-state index contributed by atoms with van der Waals surface area (Å²) >= 11 is 0. The average Bonchev–Trinajstić information content (AvgIpc) is 3.00. The van der Waals surface area contributed by atoms with Gasteiger partial charge in [-0.15, -0.1) is 0 Å². The summed E-state index contributed by atoms with van der Waals surface area (Å²) in [6.07, 6.45) is 1.98. The van der Waals surface area contributed by atoms with Gasteiger partial charge in [-0.05, 0) is 128 Å². The van der Waals surface area contributed by atoms with E-state index in [0.29, 0.717) is 5.92 Å². The van der Waals surface area contributed by atoms with Crippen molar-refractivity contribution >= 4 is 27.8 Å². The molecular weight excluding hydrogens is 542 g/mol. The van der Waals surface area contributed by atoms with E-state index in [1.807, 2.05) is 0 Å². The van der Waals surface area contributed by atoms with Crippen molar-refractivity contribution in [3.05, 3.63) is 124 Å². The maximum atomic E-state index is 2.47. The largest absolute Gasteiger partial charge is 0.310 e. The lowest BCUT2D eigenvalue weighted by Crippen LogP contribution is -2.15. The fourth-order valence-corrected chi connectivity index (χ4v) is 6.75. The number of hydrogen-bond donors (Lipinski definition) is 0. The molecule has 0 heterocycles. The molecule has 0 aliphatic rings.